The molecule has 1 aliphatic heterocycles. The number of hydrogen-bond donors (Lipinski definition) is 1. The first-order valence-corrected chi connectivity index (χ1v) is 13.0. The van der Waals surface area contributed by atoms with E-state index in [2.05, 4.69) is 15.4 Å². The highest BCUT2D eigenvalue weighted by atomic mass is 16.6. The van der Waals surface area contributed by atoms with Crippen molar-refractivity contribution in [2.24, 2.45) is 11.3 Å². The molecule has 0 bridgehead atoms. The van der Waals surface area contributed by atoms with Gasteiger partial charge in [0.1, 0.15) is 24.6 Å². The summed E-state index contributed by atoms with van der Waals surface area (Å²) in [7, 11) is 0. The van der Waals surface area contributed by atoms with Crippen LogP contribution >= 0.6 is 0 Å². The van der Waals surface area contributed by atoms with Crippen LogP contribution in [-0.4, -0.2) is 46.0 Å². The third kappa shape index (κ3) is 5.94. The summed E-state index contributed by atoms with van der Waals surface area (Å²) in [6.45, 7) is 6.70. The molecule has 1 amide bonds. The second kappa shape index (κ2) is 11.4. The number of unbranched alkanes of at least 4 members (excludes halogenated alkanes) is 1. The van der Waals surface area contributed by atoms with E-state index >= 15 is 0 Å². The average molecular weight is 487 g/mol. The molecule has 192 valence electrons. The molecule has 9 heteroatoms. The summed E-state index contributed by atoms with van der Waals surface area (Å²) in [6.07, 6.45) is 9.76. The van der Waals surface area contributed by atoms with Gasteiger partial charge in [0.25, 0.3) is 0 Å². The standard InChI is InChI=1S/C26H38N4O5/c1-4-5-15-33-25(32)29-23-21-13-12-20(30(21)28-17-27-23)22-14-11-19(35-22)16-34-24(31)26(2,3)18-9-7-6-8-10-18/h12-13,17-19,22H,4-11,14-16H2,1-3H3,(H,27,28,29,32)/t19-,22+/m0/s1. The van der Waals surface area contributed by atoms with Gasteiger partial charge in [0.15, 0.2) is 5.82 Å². The maximum absolute atomic E-state index is 12.9. The maximum Gasteiger partial charge on any atom is 0.412 e. The Morgan fingerprint density at radius 2 is 1.94 bits per heavy atom. The van der Waals surface area contributed by atoms with Gasteiger partial charge in [-0.15, -0.1) is 0 Å². The van der Waals surface area contributed by atoms with E-state index < -0.39 is 11.5 Å². The average Bonchev–Trinajstić information content (AvgIpc) is 3.50. The van der Waals surface area contributed by atoms with Crippen molar-refractivity contribution in [1.29, 1.82) is 0 Å². The van der Waals surface area contributed by atoms with Crippen molar-refractivity contribution in [3.8, 4) is 0 Å². The Bertz CT molecular complexity index is 1010. The van der Waals surface area contributed by atoms with E-state index in [1.807, 2.05) is 32.9 Å². The van der Waals surface area contributed by atoms with Crippen molar-refractivity contribution in [1.82, 2.24) is 14.6 Å². The van der Waals surface area contributed by atoms with Gasteiger partial charge in [0.2, 0.25) is 0 Å². The Balaban J connectivity index is 1.33. The highest BCUT2D eigenvalue weighted by Crippen LogP contribution is 2.40. The molecule has 9 nitrogen and oxygen atoms in total. The fourth-order valence-corrected chi connectivity index (χ4v) is 5.13. The Morgan fingerprint density at radius 3 is 2.71 bits per heavy atom. The minimum atomic E-state index is -0.531. The van der Waals surface area contributed by atoms with Gasteiger partial charge in [-0.05, 0) is 64.0 Å². The molecule has 1 saturated carbocycles. The third-order valence-corrected chi connectivity index (χ3v) is 7.42. The van der Waals surface area contributed by atoms with Gasteiger partial charge < -0.3 is 14.2 Å². The van der Waals surface area contributed by atoms with E-state index in [1.54, 1.807) is 4.52 Å². The van der Waals surface area contributed by atoms with Crippen molar-refractivity contribution in [2.45, 2.75) is 90.8 Å². The Labute approximate surface area is 206 Å². The van der Waals surface area contributed by atoms with Crippen molar-refractivity contribution in [2.75, 3.05) is 18.5 Å². The smallest absolute Gasteiger partial charge is 0.412 e. The molecule has 0 unspecified atom stereocenters. The zero-order valence-corrected chi connectivity index (χ0v) is 21.1. The number of carbonyl (C=O) groups excluding carboxylic acids is 2. The van der Waals surface area contributed by atoms with Crippen LogP contribution in [0.1, 0.15) is 90.4 Å². The summed E-state index contributed by atoms with van der Waals surface area (Å²) in [4.78, 5) is 29.1. The Kier molecular flexibility index (Phi) is 8.26. The first-order valence-electron chi connectivity index (χ1n) is 13.0. The lowest BCUT2D eigenvalue weighted by atomic mass is 9.71. The quantitative estimate of drug-likeness (QED) is 0.371. The molecule has 0 radical (unpaired) electrons. The lowest BCUT2D eigenvalue weighted by Crippen LogP contribution is -2.37. The van der Waals surface area contributed by atoms with Crippen molar-refractivity contribution < 1.29 is 23.8 Å². The van der Waals surface area contributed by atoms with E-state index in [0.29, 0.717) is 23.9 Å². The number of rotatable bonds is 9. The molecular formula is C26H38N4O5. The summed E-state index contributed by atoms with van der Waals surface area (Å²) in [6, 6.07) is 3.79. The summed E-state index contributed by atoms with van der Waals surface area (Å²) in [5.74, 6) is 0.652. The molecule has 2 atom stereocenters. The number of nitrogens with one attached hydrogen (secondary N) is 1. The number of fused-ring (bicyclic) bond motifs is 1. The summed E-state index contributed by atoms with van der Waals surface area (Å²) in [5.41, 5.74) is 1.08. The van der Waals surface area contributed by atoms with E-state index in [4.69, 9.17) is 14.2 Å². The number of carbonyl (C=O) groups is 2. The molecule has 3 heterocycles. The van der Waals surface area contributed by atoms with E-state index in [0.717, 1.165) is 44.2 Å². The number of anilines is 1. The predicted molar refractivity (Wildman–Crippen MR) is 131 cm³/mol. The molecular weight excluding hydrogens is 448 g/mol. The Hall–Kier alpha value is -2.68. The summed E-state index contributed by atoms with van der Waals surface area (Å²) < 4.78 is 18.9. The maximum atomic E-state index is 12.9. The van der Waals surface area contributed by atoms with Crippen molar-refractivity contribution in [3.63, 3.8) is 0 Å². The van der Waals surface area contributed by atoms with Gasteiger partial charge in [-0.25, -0.2) is 14.3 Å². The minimum Gasteiger partial charge on any atom is -0.463 e. The fraction of sp³-hybridized carbons (Fsp3) is 0.692. The molecule has 0 aromatic carbocycles. The van der Waals surface area contributed by atoms with Gasteiger partial charge in [0.05, 0.1) is 23.8 Å². The number of esters is 1. The topological polar surface area (TPSA) is 104 Å². The zero-order valence-electron chi connectivity index (χ0n) is 21.1. The molecule has 35 heavy (non-hydrogen) atoms. The van der Waals surface area contributed by atoms with Crippen LogP contribution in [0.4, 0.5) is 10.6 Å². The SMILES string of the molecule is CCCCOC(=O)Nc1ncnn2c([C@H]3CC[C@@H](COC(=O)C(C)(C)C4CCCCC4)O3)ccc12. The number of hydrogen-bond acceptors (Lipinski definition) is 7. The van der Waals surface area contributed by atoms with Crippen LogP contribution in [0.25, 0.3) is 5.52 Å². The van der Waals surface area contributed by atoms with Crippen LogP contribution in [0, 0.1) is 11.3 Å². The largest absolute Gasteiger partial charge is 0.463 e. The van der Waals surface area contributed by atoms with Gasteiger partial charge in [-0.1, -0.05) is 32.6 Å². The predicted octanol–water partition coefficient (Wildman–Crippen LogP) is 5.45. The first kappa shape index (κ1) is 25.4. The highest BCUT2D eigenvalue weighted by Gasteiger charge is 2.39. The molecule has 2 aromatic rings. The summed E-state index contributed by atoms with van der Waals surface area (Å²) >= 11 is 0. The lowest BCUT2D eigenvalue weighted by Gasteiger charge is -2.35. The second-order valence-corrected chi connectivity index (χ2v) is 10.3. The monoisotopic (exact) mass is 486 g/mol. The van der Waals surface area contributed by atoms with Gasteiger partial charge >= 0.3 is 12.1 Å². The van der Waals surface area contributed by atoms with Crippen LogP contribution in [-0.2, 0) is 19.0 Å². The fourth-order valence-electron chi connectivity index (χ4n) is 5.13. The van der Waals surface area contributed by atoms with Crippen LogP contribution in [0.15, 0.2) is 18.5 Å². The molecule has 2 aromatic heterocycles. The molecule has 1 aliphatic carbocycles. The first-order chi connectivity index (χ1) is 16.9. The van der Waals surface area contributed by atoms with Gasteiger partial charge in [0, 0.05) is 0 Å². The van der Waals surface area contributed by atoms with Gasteiger partial charge in [-0.3, -0.25) is 10.1 Å². The zero-order chi connectivity index (χ0) is 24.8. The second-order valence-electron chi connectivity index (χ2n) is 10.3. The molecule has 1 saturated heterocycles. The summed E-state index contributed by atoms with van der Waals surface area (Å²) in [5, 5.41) is 7.06. The molecule has 4 rings (SSSR count). The number of amides is 1. The van der Waals surface area contributed by atoms with Crippen LogP contribution < -0.4 is 5.32 Å². The van der Waals surface area contributed by atoms with Crippen LogP contribution in [0.2, 0.25) is 0 Å². The van der Waals surface area contributed by atoms with Crippen LogP contribution in [0.5, 0.6) is 0 Å². The van der Waals surface area contributed by atoms with Gasteiger partial charge in [-0.2, -0.15) is 5.10 Å². The normalized spacial score (nSPS) is 21.2. The van der Waals surface area contributed by atoms with E-state index in [9.17, 15) is 9.59 Å². The molecule has 0 spiro atoms. The molecule has 2 fully saturated rings. The minimum absolute atomic E-state index is 0.126. The number of aromatic nitrogens is 3. The van der Waals surface area contributed by atoms with E-state index in [-0.39, 0.29) is 24.8 Å². The molecule has 2 aliphatic rings. The van der Waals surface area contributed by atoms with E-state index in [1.165, 1.54) is 25.6 Å². The third-order valence-electron chi connectivity index (χ3n) is 7.42. The van der Waals surface area contributed by atoms with Crippen LogP contribution in [0.3, 0.4) is 0 Å². The molecule has 1 N–H and O–H groups in total. The number of ether oxygens (including phenoxy) is 3. The number of nitrogens with zero attached hydrogens (tertiary/aromatic N) is 3. The van der Waals surface area contributed by atoms with Crippen molar-refractivity contribution in [3.05, 3.63) is 24.2 Å². The highest BCUT2D eigenvalue weighted by molar-refractivity contribution is 5.88. The lowest BCUT2D eigenvalue weighted by molar-refractivity contribution is -0.162. The Morgan fingerprint density at radius 1 is 1.14 bits per heavy atom. The van der Waals surface area contributed by atoms with Crippen molar-refractivity contribution >= 4 is 23.4 Å².